The van der Waals surface area contributed by atoms with Gasteiger partial charge in [-0.25, -0.2) is 8.42 Å². The van der Waals surface area contributed by atoms with Crippen LogP contribution in [0.5, 0.6) is 0 Å². The fourth-order valence-electron chi connectivity index (χ4n) is 4.33. The summed E-state index contributed by atoms with van der Waals surface area (Å²) in [6, 6.07) is 8.65. The zero-order chi connectivity index (χ0) is 15.6. The Morgan fingerprint density at radius 3 is 2.65 bits per heavy atom. The number of benzene rings is 1. The van der Waals surface area contributed by atoms with E-state index in [9.17, 15) is 8.42 Å². The highest BCUT2D eigenvalue weighted by molar-refractivity contribution is 7.92. The van der Waals surface area contributed by atoms with E-state index in [1.54, 1.807) is 11.3 Å². The van der Waals surface area contributed by atoms with Crippen molar-refractivity contribution < 1.29 is 8.42 Å². The molecule has 5 rings (SSSR count). The zero-order valence-electron chi connectivity index (χ0n) is 12.8. The Morgan fingerprint density at radius 2 is 1.96 bits per heavy atom. The Kier molecular flexibility index (Phi) is 3.03. The van der Waals surface area contributed by atoms with Crippen LogP contribution in [-0.2, 0) is 9.84 Å². The summed E-state index contributed by atoms with van der Waals surface area (Å²) in [5.41, 5.74) is 3.39. The lowest BCUT2D eigenvalue weighted by Crippen LogP contribution is -2.39. The Hall–Kier alpha value is -1.17. The molecule has 120 valence electrons. The molecule has 0 radical (unpaired) electrons. The van der Waals surface area contributed by atoms with Crippen molar-refractivity contribution in [2.45, 2.75) is 41.4 Å². The SMILES string of the molecule is O=S1(=O)c2ccc(-c3ccsc3)cc2[C@@H]2CN(C3CCC3)C[C@H]21. The van der Waals surface area contributed by atoms with Gasteiger partial charge in [-0.1, -0.05) is 12.5 Å². The first kappa shape index (κ1) is 14.2. The Labute approximate surface area is 140 Å². The standard InChI is InChI=1S/C18H19NO2S2/c20-23(21)17-5-4-12(13-6-7-22-11-13)8-15(17)16-9-19(10-18(16)23)14-2-1-3-14/h4-8,11,14,16,18H,1-3,9-10H2/t16-,18+/m0/s1. The summed E-state index contributed by atoms with van der Waals surface area (Å²) in [6.07, 6.45) is 3.77. The lowest BCUT2D eigenvalue weighted by atomic mass is 9.91. The van der Waals surface area contributed by atoms with Crippen LogP contribution in [0.15, 0.2) is 39.9 Å². The van der Waals surface area contributed by atoms with Crippen LogP contribution in [0, 0.1) is 0 Å². The third kappa shape index (κ3) is 2.00. The van der Waals surface area contributed by atoms with E-state index in [1.165, 1.54) is 24.8 Å². The molecule has 23 heavy (non-hydrogen) atoms. The fraction of sp³-hybridized carbons (Fsp3) is 0.444. The predicted molar refractivity (Wildman–Crippen MR) is 92.7 cm³/mol. The zero-order valence-corrected chi connectivity index (χ0v) is 14.4. The Balaban J connectivity index is 1.57. The van der Waals surface area contributed by atoms with Crippen LogP contribution in [0.1, 0.15) is 30.7 Å². The van der Waals surface area contributed by atoms with Crippen LogP contribution >= 0.6 is 11.3 Å². The summed E-state index contributed by atoms with van der Waals surface area (Å²) in [5.74, 6) is 0.161. The van der Waals surface area contributed by atoms with Crippen LogP contribution < -0.4 is 0 Å². The highest BCUT2D eigenvalue weighted by Gasteiger charge is 2.51. The van der Waals surface area contributed by atoms with Gasteiger partial charge in [0.2, 0.25) is 0 Å². The van der Waals surface area contributed by atoms with Gasteiger partial charge < -0.3 is 0 Å². The largest absolute Gasteiger partial charge is 0.298 e. The second-order valence-corrected chi connectivity index (χ2v) is 9.91. The van der Waals surface area contributed by atoms with E-state index in [0.29, 0.717) is 10.9 Å². The number of likely N-dealkylation sites (tertiary alicyclic amines) is 1. The molecule has 0 N–H and O–H groups in total. The van der Waals surface area contributed by atoms with Crippen molar-refractivity contribution in [2.75, 3.05) is 13.1 Å². The molecule has 2 fully saturated rings. The van der Waals surface area contributed by atoms with Crippen LogP contribution in [0.2, 0.25) is 0 Å². The molecule has 1 aromatic carbocycles. The summed E-state index contributed by atoms with van der Waals surface area (Å²) in [6.45, 7) is 1.63. The number of thiophene rings is 1. The van der Waals surface area contributed by atoms with E-state index in [-0.39, 0.29) is 11.2 Å². The maximum absolute atomic E-state index is 12.9. The number of fused-ring (bicyclic) bond motifs is 3. The topological polar surface area (TPSA) is 37.4 Å². The first-order chi connectivity index (χ1) is 11.1. The highest BCUT2D eigenvalue weighted by Crippen LogP contribution is 2.47. The minimum absolute atomic E-state index is 0.161. The van der Waals surface area contributed by atoms with Crippen LogP contribution in [0.25, 0.3) is 11.1 Å². The summed E-state index contributed by atoms with van der Waals surface area (Å²) < 4.78 is 25.8. The second kappa shape index (κ2) is 4.91. The summed E-state index contributed by atoms with van der Waals surface area (Å²) in [4.78, 5) is 3.01. The van der Waals surface area contributed by atoms with Gasteiger partial charge in [-0.15, -0.1) is 0 Å². The van der Waals surface area contributed by atoms with E-state index in [1.807, 2.05) is 12.1 Å². The quantitative estimate of drug-likeness (QED) is 0.836. The van der Waals surface area contributed by atoms with Gasteiger partial charge in [-0.2, -0.15) is 11.3 Å². The monoisotopic (exact) mass is 345 g/mol. The van der Waals surface area contributed by atoms with Crippen molar-refractivity contribution >= 4 is 21.2 Å². The summed E-state index contributed by atoms with van der Waals surface area (Å²) in [7, 11) is -3.16. The minimum Gasteiger partial charge on any atom is -0.298 e. The minimum atomic E-state index is -3.16. The molecule has 0 spiro atoms. The molecule has 1 aromatic heterocycles. The normalized spacial score (nSPS) is 29.2. The first-order valence-electron chi connectivity index (χ1n) is 8.29. The van der Waals surface area contributed by atoms with Gasteiger partial charge in [-0.3, -0.25) is 4.90 Å². The van der Waals surface area contributed by atoms with Crippen LogP contribution in [-0.4, -0.2) is 37.7 Å². The number of rotatable bonds is 2. The predicted octanol–water partition coefficient (Wildman–Crippen LogP) is 3.52. The van der Waals surface area contributed by atoms with E-state index in [4.69, 9.17) is 0 Å². The van der Waals surface area contributed by atoms with Crippen molar-refractivity contribution in [3.05, 3.63) is 40.6 Å². The molecule has 0 amide bonds. The smallest absolute Gasteiger partial charge is 0.183 e. The average Bonchev–Trinajstić information content (AvgIpc) is 3.17. The molecule has 1 saturated heterocycles. The number of hydrogen-bond acceptors (Lipinski definition) is 4. The maximum atomic E-state index is 12.9. The average molecular weight is 345 g/mol. The van der Waals surface area contributed by atoms with E-state index < -0.39 is 9.84 Å². The Bertz CT molecular complexity index is 853. The van der Waals surface area contributed by atoms with Crippen molar-refractivity contribution in [3.8, 4) is 11.1 Å². The molecular formula is C18H19NO2S2. The molecule has 2 aromatic rings. The third-order valence-corrected chi connectivity index (χ3v) is 8.80. The van der Waals surface area contributed by atoms with Crippen LogP contribution in [0.3, 0.4) is 0 Å². The fourth-order valence-corrected chi connectivity index (χ4v) is 7.18. The van der Waals surface area contributed by atoms with E-state index >= 15 is 0 Å². The van der Waals surface area contributed by atoms with Gasteiger partial charge in [0.1, 0.15) is 0 Å². The number of hydrogen-bond donors (Lipinski definition) is 0. The van der Waals surface area contributed by atoms with Crippen molar-refractivity contribution in [2.24, 2.45) is 0 Å². The molecule has 0 unspecified atom stereocenters. The van der Waals surface area contributed by atoms with Crippen molar-refractivity contribution in [1.82, 2.24) is 4.90 Å². The summed E-state index contributed by atoms with van der Waals surface area (Å²) >= 11 is 1.68. The van der Waals surface area contributed by atoms with Crippen LogP contribution in [0.4, 0.5) is 0 Å². The molecule has 3 nitrogen and oxygen atoms in total. The molecule has 2 aliphatic heterocycles. The van der Waals surface area contributed by atoms with Gasteiger partial charge in [0.05, 0.1) is 10.1 Å². The molecule has 1 aliphatic carbocycles. The van der Waals surface area contributed by atoms with E-state index in [0.717, 1.165) is 24.2 Å². The van der Waals surface area contributed by atoms with Crippen molar-refractivity contribution in [3.63, 3.8) is 0 Å². The number of nitrogens with zero attached hydrogens (tertiary/aromatic N) is 1. The summed E-state index contributed by atoms with van der Waals surface area (Å²) in [5, 5.41) is 3.96. The molecule has 5 heteroatoms. The highest BCUT2D eigenvalue weighted by atomic mass is 32.2. The van der Waals surface area contributed by atoms with Gasteiger partial charge in [0.15, 0.2) is 9.84 Å². The molecule has 1 saturated carbocycles. The molecule has 2 atom stereocenters. The Morgan fingerprint density at radius 1 is 1.09 bits per heavy atom. The van der Waals surface area contributed by atoms with Gasteiger partial charge in [0.25, 0.3) is 0 Å². The molecule has 3 heterocycles. The second-order valence-electron chi connectivity index (χ2n) is 6.99. The first-order valence-corrected chi connectivity index (χ1v) is 10.8. The van der Waals surface area contributed by atoms with Crippen molar-refractivity contribution in [1.29, 1.82) is 0 Å². The lowest BCUT2D eigenvalue weighted by Gasteiger charge is -2.35. The van der Waals surface area contributed by atoms with Gasteiger partial charge in [0, 0.05) is 25.0 Å². The van der Waals surface area contributed by atoms with Gasteiger partial charge in [-0.05, 0) is 58.5 Å². The molecule has 3 aliphatic rings. The third-order valence-electron chi connectivity index (χ3n) is 5.85. The van der Waals surface area contributed by atoms with Gasteiger partial charge >= 0.3 is 0 Å². The maximum Gasteiger partial charge on any atom is 0.183 e. The van der Waals surface area contributed by atoms with E-state index in [2.05, 4.69) is 27.8 Å². The number of sulfone groups is 1. The molecular weight excluding hydrogens is 326 g/mol. The lowest BCUT2D eigenvalue weighted by molar-refractivity contribution is 0.157. The molecule has 0 bridgehead atoms.